The molecule has 1 unspecified atom stereocenters. The van der Waals surface area contributed by atoms with Gasteiger partial charge in [-0.3, -0.25) is 24.6 Å². The number of fused-ring (bicyclic) bond motifs is 2. The molecule has 1 atom stereocenters. The Labute approximate surface area is 378 Å². The third-order valence-electron chi connectivity index (χ3n) is 12.1. The first-order chi connectivity index (χ1) is 31.1. The average Bonchev–Trinajstić information content (AvgIpc) is 3.85. The van der Waals surface area contributed by atoms with E-state index in [4.69, 9.17) is 25.8 Å². The minimum Gasteiger partial charge on any atom is -0.377 e. The van der Waals surface area contributed by atoms with E-state index < -0.39 is 37.0 Å². The molecule has 3 aliphatic heterocycles. The third-order valence-corrected chi connectivity index (χ3v) is 13.7. The predicted octanol–water partition coefficient (Wildman–Crippen LogP) is 5.49. The molecule has 2 saturated heterocycles. The van der Waals surface area contributed by atoms with Crippen LogP contribution in [0.3, 0.4) is 0 Å². The molecule has 0 aliphatic carbocycles. The number of halogens is 1. The number of nitrogens with one attached hydrogen (secondary N) is 3. The number of H-pyrrole nitrogens is 1. The summed E-state index contributed by atoms with van der Waals surface area (Å²) in [7, 11) is -3.12. The van der Waals surface area contributed by atoms with Gasteiger partial charge in [0.1, 0.15) is 11.3 Å². The lowest BCUT2D eigenvalue weighted by molar-refractivity contribution is -0.384. The first kappa shape index (κ1) is 44.1. The number of sulfonamides is 1. The fourth-order valence-electron chi connectivity index (χ4n) is 8.67. The number of carbonyl (C=O) groups is 1. The first-order valence-corrected chi connectivity index (χ1v) is 23.1. The van der Waals surface area contributed by atoms with Crippen molar-refractivity contribution in [1.82, 2.24) is 29.0 Å². The van der Waals surface area contributed by atoms with Gasteiger partial charge in [0.15, 0.2) is 5.52 Å². The smallest absolute Gasteiger partial charge is 0.293 e. The highest BCUT2D eigenvalue weighted by molar-refractivity contribution is 7.90. The van der Waals surface area contributed by atoms with E-state index in [1.54, 1.807) is 36.1 Å². The number of nitrogens with zero attached hydrogens (tertiary/aromatic N) is 6. The Bertz CT molecular complexity index is 3020. The van der Waals surface area contributed by atoms with Gasteiger partial charge >= 0.3 is 0 Å². The van der Waals surface area contributed by atoms with Crippen LogP contribution in [0.1, 0.15) is 36.2 Å². The number of amides is 1. The number of piperazine rings is 1. The Morgan fingerprint density at radius 2 is 1.82 bits per heavy atom. The van der Waals surface area contributed by atoms with Gasteiger partial charge in [-0.2, -0.15) is 0 Å². The Morgan fingerprint density at radius 1 is 1.03 bits per heavy atom. The van der Waals surface area contributed by atoms with Crippen molar-refractivity contribution in [3.8, 4) is 5.69 Å². The Balaban J connectivity index is 1.01. The molecule has 3 aliphatic rings. The van der Waals surface area contributed by atoms with Crippen LogP contribution in [0.5, 0.6) is 0 Å². The minimum absolute atomic E-state index is 0.0676. The number of rotatable bonds is 12. The molecule has 0 spiro atoms. The van der Waals surface area contributed by atoms with Crippen molar-refractivity contribution in [1.29, 1.82) is 0 Å². The highest BCUT2D eigenvalue weighted by Gasteiger charge is 2.32. The molecule has 18 nitrogen and oxygen atoms in total. The van der Waals surface area contributed by atoms with Crippen molar-refractivity contribution in [3.63, 3.8) is 0 Å². The van der Waals surface area contributed by atoms with Crippen molar-refractivity contribution >= 4 is 72.2 Å². The van der Waals surface area contributed by atoms with E-state index in [1.807, 2.05) is 18.2 Å². The minimum atomic E-state index is -4.67. The monoisotopic (exact) mass is 925 g/mol. The molecule has 340 valence electrons. The summed E-state index contributed by atoms with van der Waals surface area (Å²) in [4.78, 5) is 51.2. The molecule has 6 heterocycles. The summed E-state index contributed by atoms with van der Waals surface area (Å²) < 4.78 is 50.0. The largest absolute Gasteiger partial charge is 0.377 e. The molecule has 0 saturated carbocycles. The lowest BCUT2D eigenvalue weighted by Gasteiger charge is -2.39. The van der Waals surface area contributed by atoms with Gasteiger partial charge in [-0.25, -0.2) is 27.5 Å². The van der Waals surface area contributed by atoms with Gasteiger partial charge in [0, 0.05) is 81.1 Å². The molecule has 1 amide bonds. The zero-order valence-electron chi connectivity index (χ0n) is 36.0. The van der Waals surface area contributed by atoms with Gasteiger partial charge in [-0.1, -0.05) is 23.7 Å². The summed E-state index contributed by atoms with van der Waals surface area (Å²) in [6.45, 7) is 9.51. The van der Waals surface area contributed by atoms with Gasteiger partial charge in [0.2, 0.25) is 0 Å². The molecule has 65 heavy (non-hydrogen) atoms. The van der Waals surface area contributed by atoms with E-state index in [0.717, 1.165) is 48.8 Å². The molecule has 3 N–H and O–H groups in total. The van der Waals surface area contributed by atoms with E-state index in [0.29, 0.717) is 55.7 Å². The van der Waals surface area contributed by atoms with Crippen molar-refractivity contribution in [2.24, 2.45) is 7.05 Å². The van der Waals surface area contributed by atoms with Gasteiger partial charge in [-0.05, 0) is 85.2 Å². The second kappa shape index (κ2) is 17.7. The maximum atomic E-state index is 14.3. The molecule has 2 fully saturated rings. The zero-order chi connectivity index (χ0) is 45.6. The highest BCUT2D eigenvalue weighted by Crippen LogP contribution is 2.37. The van der Waals surface area contributed by atoms with Crippen LogP contribution in [0.25, 0.3) is 33.3 Å². The summed E-state index contributed by atoms with van der Waals surface area (Å²) in [5, 5.41) is 16.5. The molecule has 3 aromatic heterocycles. The zero-order valence-corrected chi connectivity index (χ0v) is 37.6. The van der Waals surface area contributed by atoms with Gasteiger partial charge in [0.05, 0.1) is 64.7 Å². The normalized spacial score (nSPS) is 18.3. The number of nitro benzene ring substituents is 1. The average molecular weight is 926 g/mol. The Kier molecular flexibility index (Phi) is 12.0. The number of aromatic amines is 1. The van der Waals surface area contributed by atoms with Crippen LogP contribution in [0.4, 0.5) is 17.1 Å². The second-order valence-electron chi connectivity index (χ2n) is 17.0. The van der Waals surface area contributed by atoms with Crippen molar-refractivity contribution in [2.75, 3.05) is 75.9 Å². The number of hydrogen-bond donors (Lipinski definition) is 3. The molecule has 3 aromatic carbocycles. The number of anilines is 2. The topological polar surface area (TPSA) is 208 Å². The SMILES string of the molecule is Cn1c(=O)c2nc3[nH]ccc3cc2n1-c1cc(N2CCN(CC3=C(c4ccc(Cl)cc4)CC(C)(C)OC3)CC2)ccc1C(=O)NS(=O)(=O)c1ccc(NCC2COCCO2)c([N+](=O)[O-])c1. The molecule has 20 heteroatoms. The van der Waals surface area contributed by atoms with Crippen LogP contribution >= 0.6 is 11.6 Å². The van der Waals surface area contributed by atoms with Gasteiger partial charge in [-0.15, -0.1) is 0 Å². The summed E-state index contributed by atoms with van der Waals surface area (Å²) in [6.07, 6.45) is 2.13. The third kappa shape index (κ3) is 9.12. The van der Waals surface area contributed by atoms with Crippen LogP contribution in [0, 0.1) is 10.1 Å². The number of aromatic nitrogens is 4. The number of pyridine rings is 1. The number of nitro groups is 1. The van der Waals surface area contributed by atoms with E-state index >= 15 is 0 Å². The van der Waals surface area contributed by atoms with E-state index in [-0.39, 0.29) is 40.7 Å². The van der Waals surface area contributed by atoms with E-state index in [1.165, 1.54) is 34.0 Å². The maximum absolute atomic E-state index is 14.3. The summed E-state index contributed by atoms with van der Waals surface area (Å²) in [5.74, 6) is -1.01. The van der Waals surface area contributed by atoms with Crippen LogP contribution in [-0.2, 0) is 31.3 Å². The second-order valence-corrected chi connectivity index (χ2v) is 19.1. The number of benzene rings is 3. The summed E-state index contributed by atoms with van der Waals surface area (Å²) >= 11 is 6.23. The Morgan fingerprint density at radius 3 is 2.55 bits per heavy atom. The molecular formula is C45H48ClN9O9S. The predicted molar refractivity (Wildman–Crippen MR) is 247 cm³/mol. The van der Waals surface area contributed by atoms with E-state index in [9.17, 15) is 28.1 Å². The summed E-state index contributed by atoms with van der Waals surface area (Å²) in [5.41, 5.74) is 4.41. The number of ether oxygens (including phenoxy) is 3. The highest BCUT2D eigenvalue weighted by atomic mass is 35.5. The van der Waals surface area contributed by atoms with Crippen molar-refractivity contribution < 1.29 is 32.3 Å². The molecule has 6 aromatic rings. The molecular weight excluding hydrogens is 878 g/mol. The Hall–Kier alpha value is -6.09. The molecule has 0 bridgehead atoms. The van der Waals surface area contributed by atoms with Gasteiger partial charge in [0.25, 0.3) is 27.2 Å². The fourth-order valence-corrected chi connectivity index (χ4v) is 9.78. The van der Waals surface area contributed by atoms with Crippen LogP contribution in [0.15, 0.2) is 94.3 Å². The lowest BCUT2D eigenvalue weighted by Crippen LogP contribution is -2.47. The van der Waals surface area contributed by atoms with E-state index in [2.05, 4.69) is 55.8 Å². The quantitative estimate of drug-likeness (QED) is 0.103. The fraction of sp³-hybridized carbons (Fsp3) is 0.356. The molecule has 9 rings (SSSR count). The van der Waals surface area contributed by atoms with Crippen LogP contribution in [0.2, 0.25) is 5.02 Å². The van der Waals surface area contributed by atoms with Crippen molar-refractivity contribution in [3.05, 3.63) is 121 Å². The van der Waals surface area contributed by atoms with Crippen molar-refractivity contribution in [2.45, 2.75) is 36.9 Å². The van der Waals surface area contributed by atoms with Gasteiger partial charge < -0.3 is 29.4 Å². The summed E-state index contributed by atoms with van der Waals surface area (Å²) in [6, 6.07) is 19.9. The van der Waals surface area contributed by atoms with Crippen LogP contribution in [-0.4, -0.2) is 121 Å². The van der Waals surface area contributed by atoms with Crippen LogP contribution < -0.4 is 20.5 Å². The first-order valence-electron chi connectivity index (χ1n) is 21.2. The maximum Gasteiger partial charge on any atom is 0.293 e. The molecule has 0 radical (unpaired) electrons. The number of carbonyl (C=O) groups excluding carboxylic acids is 1. The standard InChI is InChI=1S/C45H48ClN9O9S/c1-45(2)23-36(28-4-6-31(46)7-5-28)30(26-64-45)25-52-14-16-53(17-15-52)32-8-10-35(38(21-32)54-40-20-29-12-13-47-42(29)49-41(40)44(57)51(54)3)43(56)50-65(60,61)34-9-11-37(39(22-34)55(58)59)48-24-33-27-62-18-19-63-33/h4-13,20-22,33,48H,14-19,23-27H2,1-3H3,(H,47,49)(H,50,56). The number of hydrogen-bond acceptors (Lipinski definition) is 13. The lowest BCUT2D eigenvalue weighted by atomic mass is 9.87.